The second kappa shape index (κ2) is 4.23. The van der Waals surface area contributed by atoms with Crippen molar-refractivity contribution < 1.29 is 14.6 Å². The predicted molar refractivity (Wildman–Crippen MR) is 44.4 cm³/mol. The molecule has 0 saturated heterocycles. The van der Waals surface area contributed by atoms with E-state index in [9.17, 15) is 0 Å². The minimum atomic E-state index is -1.92. The number of hydrogen-bond donors (Lipinski definition) is 2. The molecule has 0 spiro atoms. The number of aromatic nitrogens is 1. The van der Waals surface area contributed by atoms with Crippen LogP contribution in [0, 0.1) is 6.92 Å². The van der Waals surface area contributed by atoms with Crippen LogP contribution in [-0.4, -0.2) is 15.2 Å². The monoisotopic (exact) mass is 173 g/mol. The van der Waals surface area contributed by atoms with Crippen molar-refractivity contribution in [1.29, 1.82) is 0 Å². The molecule has 70 valence electrons. The molecule has 12 heavy (non-hydrogen) atoms. The van der Waals surface area contributed by atoms with E-state index in [1.54, 1.807) is 6.92 Å². The van der Waals surface area contributed by atoms with Crippen molar-refractivity contribution in [2.24, 2.45) is 0 Å². The Bertz CT molecular complexity index is 224. The second-order valence-corrected chi connectivity index (χ2v) is 2.29. The van der Waals surface area contributed by atoms with Gasteiger partial charge in [0.1, 0.15) is 0 Å². The van der Waals surface area contributed by atoms with Crippen LogP contribution in [0.5, 0.6) is 0 Å². The molecule has 0 bridgehead atoms. The van der Waals surface area contributed by atoms with Gasteiger partial charge < -0.3 is 14.6 Å². The largest absolute Gasteiger partial charge is 0.442 e. The second-order valence-electron chi connectivity index (χ2n) is 2.29. The molecule has 1 aromatic rings. The normalized spacial score (nSPS) is 10.5. The highest BCUT2D eigenvalue weighted by molar-refractivity contribution is 5.09. The summed E-state index contributed by atoms with van der Waals surface area (Å²) in [6.07, 6.45) is 1.18. The predicted octanol–water partition coefficient (Wildman–Crippen LogP) is 1.17. The summed E-state index contributed by atoms with van der Waals surface area (Å²) in [5.41, 5.74) is 0.493. The van der Waals surface area contributed by atoms with Crippen LogP contribution in [0.25, 0.3) is 0 Å². The van der Waals surface area contributed by atoms with E-state index in [4.69, 9.17) is 14.6 Å². The lowest BCUT2D eigenvalue weighted by Crippen LogP contribution is -2.19. The fourth-order valence-electron chi connectivity index (χ4n) is 0.756. The summed E-state index contributed by atoms with van der Waals surface area (Å²) in [6, 6.07) is 0. The van der Waals surface area contributed by atoms with E-state index >= 15 is 0 Å². The lowest BCUT2D eigenvalue weighted by atomic mass is 10.2. The molecule has 0 aliphatic rings. The molecule has 0 unspecified atom stereocenters. The zero-order valence-electron chi connectivity index (χ0n) is 7.83. The van der Waals surface area contributed by atoms with Gasteiger partial charge in [-0.3, -0.25) is 0 Å². The van der Waals surface area contributed by atoms with Crippen LogP contribution in [0.15, 0.2) is 10.8 Å². The summed E-state index contributed by atoms with van der Waals surface area (Å²) < 4.78 is 4.72. The van der Waals surface area contributed by atoms with Gasteiger partial charge in [-0.15, -0.1) is 0 Å². The summed E-state index contributed by atoms with van der Waals surface area (Å²) in [5, 5.41) is 18.0. The van der Waals surface area contributed by atoms with Gasteiger partial charge in [0.05, 0.1) is 5.69 Å². The molecular formula is C8H15NO3. The molecule has 0 aliphatic carbocycles. The van der Waals surface area contributed by atoms with Crippen LogP contribution in [0.3, 0.4) is 0 Å². The van der Waals surface area contributed by atoms with Crippen LogP contribution >= 0.6 is 0 Å². The van der Waals surface area contributed by atoms with Gasteiger partial charge >= 0.3 is 0 Å². The molecule has 1 rings (SSSR count). The van der Waals surface area contributed by atoms with Crippen molar-refractivity contribution >= 4 is 0 Å². The maximum absolute atomic E-state index is 8.98. The third-order valence-corrected chi connectivity index (χ3v) is 1.18. The van der Waals surface area contributed by atoms with Crippen molar-refractivity contribution in [3.05, 3.63) is 17.8 Å². The van der Waals surface area contributed by atoms with Crippen molar-refractivity contribution in [1.82, 2.24) is 4.98 Å². The van der Waals surface area contributed by atoms with Crippen LogP contribution in [0.2, 0.25) is 0 Å². The molecule has 1 heterocycles. The Morgan fingerprint density at radius 1 is 1.42 bits per heavy atom. The maximum atomic E-state index is 8.98. The average Bonchev–Trinajstić information content (AvgIpc) is 2.38. The molecule has 4 heteroatoms. The topological polar surface area (TPSA) is 66.5 Å². The van der Waals surface area contributed by atoms with E-state index in [-0.39, 0.29) is 5.76 Å². The molecule has 0 saturated carbocycles. The highest BCUT2D eigenvalue weighted by atomic mass is 16.5. The summed E-state index contributed by atoms with van der Waals surface area (Å²) in [7, 11) is 0. The van der Waals surface area contributed by atoms with Gasteiger partial charge in [0.2, 0.25) is 5.79 Å². The minimum Gasteiger partial charge on any atom is -0.442 e. The Labute approximate surface area is 71.9 Å². The van der Waals surface area contributed by atoms with E-state index in [2.05, 4.69) is 4.98 Å². The highest BCUT2D eigenvalue weighted by Crippen LogP contribution is 2.19. The van der Waals surface area contributed by atoms with Crippen LogP contribution in [0.1, 0.15) is 32.2 Å². The number of nitrogens with zero attached hydrogens (tertiary/aromatic N) is 1. The van der Waals surface area contributed by atoms with Gasteiger partial charge in [-0.1, -0.05) is 13.8 Å². The number of aliphatic hydroxyl groups is 2. The van der Waals surface area contributed by atoms with Crippen molar-refractivity contribution in [3.63, 3.8) is 0 Å². The van der Waals surface area contributed by atoms with Crippen LogP contribution in [-0.2, 0) is 5.79 Å². The first-order valence-corrected chi connectivity index (χ1v) is 3.87. The fraction of sp³-hybridized carbons (Fsp3) is 0.625. The molecule has 0 amide bonds. The van der Waals surface area contributed by atoms with E-state index in [0.29, 0.717) is 5.69 Å². The molecule has 1 aromatic heterocycles. The zero-order valence-corrected chi connectivity index (χ0v) is 7.83. The first-order chi connectivity index (χ1) is 5.52. The zero-order chi connectivity index (χ0) is 9.78. The number of oxazole rings is 1. The van der Waals surface area contributed by atoms with Gasteiger partial charge in [-0.05, 0) is 13.8 Å². The van der Waals surface area contributed by atoms with Crippen molar-refractivity contribution in [2.75, 3.05) is 0 Å². The summed E-state index contributed by atoms with van der Waals surface area (Å²) in [6.45, 7) is 6.87. The standard InChI is InChI=1S/C6H9NO3.C2H6/c1-4-5(6(2,8)9)10-3-7-4;1-2/h3,8-9H,1-2H3;1-2H3. The van der Waals surface area contributed by atoms with Gasteiger partial charge in [-0.25, -0.2) is 4.98 Å². The van der Waals surface area contributed by atoms with E-state index in [1.807, 2.05) is 13.8 Å². The quantitative estimate of drug-likeness (QED) is 0.625. The van der Waals surface area contributed by atoms with Gasteiger partial charge in [0.25, 0.3) is 0 Å². The fourth-order valence-corrected chi connectivity index (χ4v) is 0.756. The minimum absolute atomic E-state index is 0.0903. The third-order valence-electron chi connectivity index (χ3n) is 1.18. The molecule has 0 fully saturated rings. The Kier molecular flexibility index (Phi) is 3.92. The van der Waals surface area contributed by atoms with Crippen molar-refractivity contribution in [3.8, 4) is 0 Å². The Morgan fingerprint density at radius 2 is 1.92 bits per heavy atom. The maximum Gasteiger partial charge on any atom is 0.222 e. The molecule has 0 radical (unpaired) electrons. The first-order valence-electron chi connectivity index (χ1n) is 3.87. The Balaban J connectivity index is 0.000000561. The van der Waals surface area contributed by atoms with Gasteiger partial charge in [-0.2, -0.15) is 0 Å². The Morgan fingerprint density at radius 3 is 2.08 bits per heavy atom. The summed E-state index contributed by atoms with van der Waals surface area (Å²) in [4.78, 5) is 3.70. The van der Waals surface area contributed by atoms with Crippen LogP contribution < -0.4 is 0 Å². The molecular weight excluding hydrogens is 158 g/mol. The average molecular weight is 173 g/mol. The lowest BCUT2D eigenvalue weighted by molar-refractivity contribution is -0.166. The number of rotatable bonds is 1. The lowest BCUT2D eigenvalue weighted by Gasteiger charge is -2.11. The number of aryl methyl sites for hydroxylation is 1. The van der Waals surface area contributed by atoms with E-state index < -0.39 is 5.79 Å². The molecule has 0 atom stereocenters. The van der Waals surface area contributed by atoms with Gasteiger partial charge in [0.15, 0.2) is 12.2 Å². The third kappa shape index (κ3) is 2.64. The summed E-state index contributed by atoms with van der Waals surface area (Å²) in [5.74, 6) is -1.83. The smallest absolute Gasteiger partial charge is 0.222 e. The number of hydrogen-bond acceptors (Lipinski definition) is 4. The highest BCUT2D eigenvalue weighted by Gasteiger charge is 2.25. The van der Waals surface area contributed by atoms with E-state index in [0.717, 1.165) is 0 Å². The molecule has 0 aliphatic heterocycles. The molecule has 4 nitrogen and oxygen atoms in total. The van der Waals surface area contributed by atoms with Gasteiger partial charge in [0, 0.05) is 0 Å². The van der Waals surface area contributed by atoms with Crippen LogP contribution in [0.4, 0.5) is 0 Å². The molecule has 2 N–H and O–H groups in total. The van der Waals surface area contributed by atoms with E-state index in [1.165, 1.54) is 13.3 Å². The SMILES string of the molecule is CC.Cc1ncoc1C(C)(O)O. The molecule has 0 aromatic carbocycles. The first kappa shape index (κ1) is 11.1. The van der Waals surface area contributed by atoms with Crippen molar-refractivity contribution in [2.45, 2.75) is 33.5 Å². The summed E-state index contributed by atoms with van der Waals surface area (Å²) >= 11 is 0. The Hall–Kier alpha value is -0.870.